The van der Waals surface area contributed by atoms with Crippen molar-refractivity contribution in [2.75, 3.05) is 6.26 Å². The number of hydrogen-bond donors (Lipinski definition) is 1. The number of aliphatic hydroxyl groups is 1. The van der Waals surface area contributed by atoms with E-state index >= 15 is 0 Å². The van der Waals surface area contributed by atoms with Crippen LogP contribution >= 0.6 is 11.8 Å². The Morgan fingerprint density at radius 1 is 1.00 bits per heavy atom. The fraction of sp³-hybridized carbons (Fsp3) is 0.200. The minimum Gasteiger partial charge on any atom is -0.384 e. The minimum atomic E-state index is -0.542. The molecule has 2 aromatic rings. The lowest BCUT2D eigenvalue weighted by Crippen LogP contribution is -2.01. The molecule has 0 amide bonds. The predicted octanol–water partition coefficient (Wildman–Crippen LogP) is 3.80. The number of benzene rings is 2. The SMILES string of the molecule is CSc1ccccc1C(O)c1ccc(C)cc1. The number of rotatable bonds is 3. The van der Waals surface area contributed by atoms with Crippen LogP contribution in [0.15, 0.2) is 53.4 Å². The van der Waals surface area contributed by atoms with E-state index < -0.39 is 6.10 Å². The van der Waals surface area contributed by atoms with Gasteiger partial charge >= 0.3 is 0 Å². The molecule has 0 spiro atoms. The first-order valence-corrected chi connectivity index (χ1v) is 6.82. The average molecular weight is 244 g/mol. The summed E-state index contributed by atoms with van der Waals surface area (Å²) in [7, 11) is 0. The van der Waals surface area contributed by atoms with Crippen LogP contribution in [0.1, 0.15) is 22.8 Å². The lowest BCUT2D eigenvalue weighted by molar-refractivity contribution is 0.217. The van der Waals surface area contributed by atoms with Gasteiger partial charge in [-0.05, 0) is 30.4 Å². The summed E-state index contributed by atoms with van der Waals surface area (Å²) in [4.78, 5) is 1.13. The Labute approximate surface area is 107 Å². The van der Waals surface area contributed by atoms with E-state index in [-0.39, 0.29) is 0 Å². The van der Waals surface area contributed by atoms with Gasteiger partial charge in [0.1, 0.15) is 6.10 Å². The number of aliphatic hydroxyl groups excluding tert-OH is 1. The van der Waals surface area contributed by atoms with Gasteiger partial charge < -0.3 is 5.11 Å². The van der Waals surface area contributed by atoms with Crippen molar-refractivity contribution in [1.82, 2.24) is 0 Å². The van der Waals surface area contributed by atoms with Crippen molar-refractivity contribution in [3.8, 4) is 0 Å². The van der Waals surface area contributed by atoms with Crippen LogP contribution in [0.3, 0.4) is 0 Å². The molecular formula is C15H16OS. The van der Waals surface area contributed by atoms with Gasteiger partial charge in [-0.3, -0.25) is 0 Å². The molecule has 1 unspecified atom stereocenters. The normalized spacial score (nSPS) is 12.4. The van der Waals surface area contributed by atoms with Gasteiger partial charge in [0.05, 0.1) is 0 Å². The summed E-state index contributed by atoms with van der Waals surface area (Å²) >= 11 is 1.66. The molecule has 88 valence electrons. The lowest BCUT2D eigenvalue weighted by atomic mass is 10.0. The third-order valence-corrected chi connectivity index (χ3v) is 3.64. The van der Waals surface area contributed by atoms with Gasteiger partial charge in [-0.25, -0.2) is 0 Å². The van der Waals surface area contributed by atoms with Crippen molar-refractivity contribution in [1.29, 1.82) is 0 Å². The van der Waals surface area contributed by atoms with Crippen LogP contribution in [0.5, 0.6) is 0 Å². The molecule has 2 aromatic carbocycles. The zero-order valence-corrected chi connectivity index (χ0v) is 10.9. The molecule has 2 heteroatoms. The molecule has 0 heterocycles. The van der Waals surface area contributed by atoms with Crippen molar-refractivity contribution < 1.29 is 5.11 Å². The van der Waals surface area contributed by atoms with Gasteiger partial charge in [0.2, 0.25) is 0 Å². The zero-order valence-electron chi connectivity index (χ0n) is 10.1. The molecule has 2 rings (SSSR count). The molecule has 0 bridgehead atoms. The van der Waals surface area contributed by atoms with Gasteiger partial charge in [0.15, 0.2) is 0 Å². The Morgan fingerprint density at radius 3 is 2.29 bits per heavy atom. The second-order valence-electron chi connectivity index (χ2n) is 4.06. The summed E-state index contributed by atoms with van der Waals surface area (Å²) in [5.74, 6) is 0. The van der Waals surface area contributed by atoms with Crippen LogP contribution in [-0.2, 0) is 0 Å². The Balaban J connectivity index is 2.36. The molecule has 0 fully saturated rings. The maximum absolute atomic E-state index is 10.4. The third kappa shape index (κ3) is 2.71. The molecule has 0 saturated heterocycles. The summed E-state index contributed by atoms with van der Waals surface area (Å²) in [6.07, 6.45) is 1.49. The molecule has 17 heavy (non-hydrogen) atoms. The quantitative estimate of drug-likeness (QED) is 0.829. The summed E-state index contributed by atoms with van der Waals surface area (Å²) in [5, 5.41) is 10.4. The summed E-state index contributed by atoms with van der Waals surface area (Å²) in [5.41, 5.74) is 3.13. The third-order valence-electron chi connectivity index (χ3n) is 2.83. The van der Waals surface area contributed by atoms with Gasteiger partial charge in [-0.2, -0.15) is 0 Å². The lowest BCUT2D eigenvalue weighted by Gasteiger charge is -2.14. The second kappa shape index (κ2) is 5.39. The summed E-state index contributed by atoms with van der Waals surface area (Å²) in [6.45, 7) is 2.05. The molecular weight excluding hydrogens is 228 g/mol. The fourth-order valence-electron chi connectivity index (χ4n) is 1.82. The van der Waals surface area contributed by atoms with Crippen molar-refractivity contribution >= 4 is 11.8 Å². The first-order valence-electron chi connectivity index (χ1n) is 5.60. The first kappa shape index (κ1) is 12.2. The van der Waals surface area contributed by atoms with E-state index in [9.17, 15) is 5.11 Å². The topological polar surface area (TPSA) is 20.2 Å². The highest BCUT2D eigenvalue weighted by Gasteiger charge is 2.13. The molecule has 0 aliphatic rings. The van der Waals surface area contributed by atoms with E-state index in [1.807, 2.05) is 61.7 Å². The molecule has 0 aliphatic carbocycles. The van der Waals surface area contributed by atoms with E-state index in [2.05, 4.69) is 0 Å². The van der Waals surface area contributed by atoms with Gasteiger partial charge in [0, 0.05) is 4.90 Å². The highest BCUT2D eigenvalue weighted by Crippen LogP contribution is 2.29. The van der Waals surface area contributed by atoms with Crippen molar-refractivity contribution in [2.24, 2.45) is 0 Å². The Morgan fingerprint density at radius 2 is 1.65 bits per heavy atom. The largest absolute Gasteiger partial charge is 0.384 e. The Hall–Kier alpha value is -1.25. The first-order chi connectivity index (χ1) is 8.22. The highest BCUT2D eigenvalue weighted by atomic mass is 32.2. The fourth-order valence-corrected chi connectivity index (χ4v) is 2.45. The van der Waals surface area contributed by atoms with Crippen LogP contribution in [0.2, 0.25) is 0 Å². The van der Waals surface area contributed by atoms with Gasteiger partial charge in [-0.1, -0.05) is 48.0 Å². The van der Waals surface area contributed by atoms with Crippen LogP contribution in [0.25, 0.3) is 0 Å². The van der Waals surface area contributed by atoms with Gasteiger partial charge in [-0.15, -0.1) is 11.8 Å². The second-order valence-corrected chi connectivity index (χ2v) is 4.90. The summed E-state index contributed by atoms with van der Waals surface area (Å²) in [6, 6.07) is 16.0. The van der Waals surface area contributed by atoms with Crippen LogP contribution in [0, 0.1) is 6.92 Å². The number of aryl methyl sites for hydroxylation is 1. The predicted molar refractivity (Wildman–Crippen MR) is 73.5 cm³/mol. The van der Waals surface area contributed by atoms with E-state index in [1.165, 1.54) is 5.56 Å². The van der Waals surface area contributed by atoms with Crippen LogP contribution in [-0.4, -0.2) is 11.4 Å². The standard InChI is InChI=1S/C15H16OS/c1-11-7-9-12(10-8-11)15(16)13-5-3-4-6-14(13)17-2/h3-10,15-16H,1-2H3. The highest BCUT2D eigenvalue weighted by molar-refractivity contribution is 7.98. The van der Waals surface area contributed by atoms with Crippen LogP contribution in [0.4, 0.5) is 0 Å². The molecule has 0 radical (unpaired) electrons. The molecule has 1 nitrogen and oxygen atoms in total. The minimum absolute atomic E-state index is 0.542. The summed E-state index contributed by atoms with van der Waals surface area (Å²) < 4.78 is 0. The van der Waals surface area contributed by atoms with E-state index in [0.29, 0.717) is 0 Å². The molecule has 1 atom stereocenters. The molecule has 1 N–H and O–H groups in total. The number of hydrogen-bond acceptors (Lipinski definition) is 2. The Kier molecular flexibility index (Phi) is 3.87. The molecule has 0 aliphatic heterocycles. The van der Waals surface area contributed by atoms with Crippen molar-refractivity contribution in [2.45, 2.75) is 17.9 Å². The molecule has 0 saturated carbocycles. The van der Waals surface area contributed by atoms with Crippen LogP contribution < -0.4 is 0 Å². The molecule has 0 aromatic heterocycles. The zero-order chi connectivity index (χ0) is 12.3. The van der Waals surface area contributed by atoms with E-state index in [1.54, 1.807) is 11.8 Å². The van der Waals surface area contributed by atoms with E-state index in [0.717, 1.165) is 16.0 Å². The average Bonchev–Trinajstić information content (AvgIpc) is 2.39. The monoisotopic (exact) mass is 244 g/mol. The van der Waals surface area contributed by atoms with Crippen molar-refractivity contribution in [3.05, 3.63) is 65.2 Å². The maximum atomic E-state index is 10.4. The Bertz CT molecular complexity index is 491. The maximum Gasteiger partial charge on any atom is 0.105 e. The smallest absolute Gasteiger partial charge is 0.105 e. The van der Waals surface area contributed by atoms with Crippen molar-refractivity contribution in [3.63, 3.8) is 0 Å². The van der Waals surface area contributed by atoms with E-state index in [4.69, 9.17) is 0 Å². The van der Waals surface area contributed by atoms with Gasteiger partial charge in [0.25, 0.3) is 0 Å². The number of thioether (sulfide) groups is 1.